The Bertz CT molecular complexity index is 1570. The third kappa shape index (κ3) is 6.89. The summed E-state index contributed by atoms with van der Waals surface area (Å²) >= 11 is 0. The number of benzene rings is 3. The molecule has 1 aliphatic rings. The molecule has 2 N–H and O–H groups in total. The fourth-order valence-electron chi connectivity index (χ4n) is 4.53. The summed E-state index contributed by atoms with van der Waals surface area (Å²) in [5.41, 5.74) is 11.3. The molecule has 0 saturated carbocycles. The predicted molar refractivity (Wildman–Crippen MR) is 157 cm³/mol. The third-order valence-corrected chi connectivity index (χ3v) is 8.31. The molecule has 220 valence electrons. The van der Waals surface area contributed by atoms with Crippen molar-refractivity contribution in [2.24, 2.45) is 10.1 Å². The second-order valence-electron chi connectivity index (χ2n) is 9.75. The van der Waals surface area contributed by atoms with Crippen LogP contribution in [0.3, 0.4) is 0 Å². The monoisotopic (exact) mass is 592 g/mol. The van der Waals surface area contributed by atoms with Crippen molar-refractivity contribution in [2.75, 3.05) is 33.1 Å². The van der Waals surface area contributed by atoms with E-state index >= 15 is 0 Å². The summed E-state index contributed by atoms with van der Waals surface area (Å²) in [6.07, 6.45) is -0.870. The molecule has 0 spiro atoms. The van der Waals surface area contributed by atoms with E-state index in [-0.39, 0.29) is 29.5 Å². The van der Waals surface area contributed by atoms with Gasteiger partial charge in [0.2, 0.25) is 5.90 Å². The molecule has 0 aliphatic carbocycles. The van der Waals surface area contributed by atoms with Crippen molar-refractivity contribution in [1.82, 2.24) is 10.4 Å². The van der Waals surface area contributed by atoms with Gasteiger partial charge in [0.1, 0.15) is 5.75 Å². The number of rotatable bonds is 13. The Morgan fingerprint density at radius 2 is 1.81 bits per heavy atom. The second-order valence-corrected chi connectivity index (χ2v) is 11.9. The van der Waals surface area contributed by atoms with E-state index in [2.05, 4.69) is 15.5 Å². The average Bonchev–Trinajstić information content (AvgIpc) is 3.38. The number of aliphatic hydroxyl groups is 1. The maximum atomic E-state index is 14.0. The number of aliphatic hydroxyl groups excluding tert-OH is 1. The summed E-state index contributed by atoms with van der Waals surface area (Å²) in [6.45, 7) is 0.355. The Hall–Kier alpha value is -4.42. The fraction of sp³-hybridized carbons (Fsp3) is 0.310. The number of ether oxygens (including phenoxy) is 2. The number of hydrazine groups is 1. The number of hydrogen-bond donors (Lipinski definition) is 2. The van der Waals surface area contributed by atoms with Crippen LogP contribution in [-0.4, -0.2) is 68.9 Å². The highest BCUT2D eigenvalue weighted by atomic mass is 32.2. The molecule has 0 radical (unpaired) electrons. The number of sulfone groups is 1. The lowest BCUT2D eigenvalue weighted by atomic mass is 9.84. The Morgan fingerprint density at radius 1 is 1.12 bits per heavy atom. The van der Waals surface area contributed by atoms with Crippen molar-refractivity contribution < 1.29 is 27.8 Å². The van der Waals surface area contributed by atoms with Gasteiger partial charge in [-0.05, 0) is 41.9 Å². The molecule has 0 saturated heterocycles. The maximum Gasteiger partial charge on any atom is 0.266 e. The highest BCUT2D eigenvalue weighted by molar-refractivity contribution is 7.91. The molecule has 0 aromatic heterocycles. The van der Waals surface area contributed by atoms with Crippen LogP contribution < -0.4 is 10.2 Å². The molecular weight excluding hydrogens is 560 g/mol. The fourth-order valence-corrected chi connectivity index (χ4v) is 5.92. The highest BCUT2D eigenvalue weighted by Crippen LogP contribution is 2.45. The first-order valence-corrected chi connectivity index (χ1v) is 14.9. The van der Waals surface area contributed by atoms with Gasteiger partial charge in [0.05, 0.1) is 17.3 Å². The van der Waals surface area contributed by atoms with Gasteiger partial charge < -0.3 is 14.6 Å². The van der Waals surface area contributed by atoms with Crippen LogP contribution in [0.5, 0.6) is 5.75 Å². The zero-order valence-corrected chi connectivity index (χ0v) is 24.1. The summed E-state index contributed by atoms with van der Waals surface area (Å²) in [5, 5.41) is 14.2. The SMILES string of the molecule is CN(C)NC(=O)[C@@]1(CCS(=O)(=O)c2ccccc2)N=C(c2ccc(OCCCO)cc2)O[C@H]1c1ccccc1N=[N+]=[N-]. The quantitative estimate of drug-likeness (QED) is 0.0991. The van der Waals surface area contributed by atoms with E-state index < -0.39 is 33.1 Å². The number of nitrogens with zero attached hydrogens (tertiary/aromatic N) is 5. The number of carbonyl (C=O) groups excluding carboxylic acids is 1. The third-order valence-electron chi connectivity index (χ3n) is 6.58. The first kappa shape index (κ1) is 30.5. The zero-order chi connectivity index (χ0) is 30.2. The minimum absolute atomic E-state index is 0.0124. The lowest BCUT2D eigenvalue weighted by Gasteiger charge is -2.32. The molecule has 1 aliphatic heterocycles. The molecular formula is C29H32N6O6S. The highest BCUT2D eigenvalue weighted by Gasteiger charge is 2.54. The van der Waals surface area contributed by atoms with E-state index in [0.29, 0.717) is 29.9 Å². The predicted octanol–water partition coefficient (Wildman–Crippen LogP) is 4.10. The van der Waals surface area contributed by atoms with Gasteiger partial charge in [0.25, 0.3) is 5.91 Å². The normalized spacial score (nSPS) is 18.1. The van der Waals surface area contributed by atoms with Gasteiger partial charge in [-0.15, -0.1) is 0 Å². The summed E-state index contributed by atoms with van der Waals surface area (Å²) < 4.78 is 38.7. The van der Waals surface area contributed by atoms with Crippen molar-refractivity contribution in [2.45, 2.75) is 29.4 Å². The van der Waals surface area contributed by atoms with Gasteiger partial charge in [0.15, 0.2) is 21.5 Å². The first-order chi connectivity index (χ1) is 20.2. The molecule has 3 aromatic carbocycles. The van der Waals surface area contributed by atoms with Crippen LogP contribution >= 0.6 is 0 Å². The molecule has 0 fully saturated rings. The Morgan fingerprint density at radius 3 is 2.48 bits per heavy atom. The van der Waals surface area contributed by atoms with E-state index in [1.54, 1.807) is 80.8 Å². The van der Waals surface area contributed by atoms with Crippen molar-refractivity contribution >= 4 is 27.3 Å². The van der Waals surface area contributed by atoms with Crippen LogP contribution in [0.2, 0.25) is 0 Å². The largest absolute Gasteiger partial charge is 0.494 e. The number of hydrogen-bond acceptors (Lipinski definition) is 9. The molecule has 2 atom stereocenters. The van der Waals surface area contributed by atoms with Gasteiger partial charge in [-0.1, -0.05) is 47.6 Å². The minimum Gasteiger partial charge on any atom is -0.494 e. The molecule has 1 amide bonds. The van der Waals surface area contributed by atoms with Gasteiger partial charge in [-0.25, -0.2) is 18.4 Å². The molecule has 42 heavy (non-hydrogen) atoms. The summed E-state index contributed by atoms with van der Waals surface area (Å²) in [6, 6.07) is 21.5. The first-order valence-electron chi connectivity index (χ1n) is 13.2. The smallest absolute Gasteiger partial charge is 0.266 e. The van der Waals surface area contributed by atoms with E-state index in [4.69, 9.17) is 19.6 Å². The summed E-state index contributed by atoms with van der Waals surface area (Å²) in [7, 11) is -0.547. The van der Waals surface area contributed by atoms with Crippen LogP contribution in [0.15, 0.2) is 93.9 Å². The van der Waals surface area contributed by atoms with Crippen molar-refractivity contribution in [3.05, 3.63) is 100 Å². The number of nitrogens with one attached hydrogen (secondary N) is 1. The lowest BCUT2D eigenvalue weighted by molar-refractivity contribution is -0.133. The maximum absolute atomic E-state index is 14.0. The lowest BCUT2D eigenvalue weighted by Crippen LogP contribution is -2.53. The summed E-state index contributed by atoms with van der Waals surface area (Å²) in [5.74, 6) is -0.309. The van der Waals surface area contributed by atoms with E-state index in [1.165, 1.54) is 17.1 Å². The van der Waals surface area contributed by atoms with E-state index in [1.807, 2.05) is 0 Å². The minimum atomic E-state index is -3.81. The Balaban J connectivity index is 1.82. The van der Waals surface area contributed by atoms with Crippen molar-refractivity contribution in [1.29, 1.82) is 0 Å². The number of azide groups is 1. The molecule has 0 bridgehead atoms. The number of aliphatic imine (C=N–C) groups is 1. The average molecular weight is 593 g/mol. The molecule has 13 heteroatoms. The van der Waals surface area contributed by atoms with Gasteiger partial charge >= 0.3 is 0 Å². The van der Waals surface area contributed by atoms with E-state index in [0.717, 1.165) is 0 Å². The molecule has 4 rings (SSSR count). The second kappa shape index (κ2) is 13.5. The van der Waals surface area contributed by atoms with Gasteiger partial charge in [-0.3, -0.25) is 10.2 Å². The van der Waals surface area contributed by atoms with Gasteiger partial charge in [0, 0.05) is 55.3 Å². The molecule has 1 heterocycles. The number of carbonyl (C=O) groups is 1. The number of amides is 1. The van der Waals surface area contributed by atoms with Crippen molar-refractivity contribution in [3.63, 3.8) is 0 Å². The molecule has 3 aromatic rings. The summed E-state index contributed by atoms with van der Waals surface area (Å²) in [4.78, 5) is 21.8. The van der Waals surface area contributed by atoms with Crippen LogP contribution in [0.1, 0.15) is 30.1 Å². The van der Waals surface area contributed by atoms with Gasteiger partial charge in [-0.2, -0.15) is 0 Å². The molecule has 12 nitrogen and oxygen atoms in total. The Kier molecular flexibility index (Phi) is 9.81. The van der Waals surface area contributed by atoms with Crippen LogP contribution in [-0.2, 0) is 19.4 Å². The molecule has 0 unspecified atom stereocenters. The van der Waals surface area contributed by atoms with Crippen LogP contribution in [0, 0.1) is 0 Å². The van der Waals surface area contributed by atoms with Crippen molar-refractivity contribution in [3.8, 4) is 5.75 Å². The van der Waals surface area contributed by atoms with Crippen LogP contribution in [0.25, 0.3) is 10.4 Å². The van der Waals surface area contributed by atoms with Crippen LogP contribution in [0.4, 0.5) is 5.69 Å². The van der Waals surface area contributed by atoms with E-state index in [9.17, 15) is 18.7 Å². The zero-order valence-electron chi connectivity index (χ0n) is 23.3. The standard InChI is InChI=1S/C29H32N6O6S/c1-35(2)33-28(37)29(17-20-42(38,39)23-9-4-3-5-10-23)26(24-11-6-7-12-25(24)32-34-30)41-27(31-29)21-13-15-22(16-14-21)40-19-8-18-36/h3-7,9-16,26,36H,8,17-20H2,1-2H3,(H,33,37)/t26-,29-/m0/s1. The Labute approximate surface area is 244 Å². The topological polar surface area (TPSA) is 166 Å².